The van der Waals surface area contributed by atoms with Crippen molar-refractivity contribution in [1.29, 1.82) is 0 Å². The summed E-state index contributed by atoms with van der Waals surface area (Å²) in [5.41, 5.74) is 0. The van der Waals surface area contributed by atoms with Gasteiger partial charge >= 0.3 is 0 Å². The molecule has 0 nitrogen and oxygen atoms in total. The van der Waals surface area contributed by atoms with E-state index in [1.807, 2.05) is 0 Å². The van der Waals surface area contributed by atoms with Gasteiger partial charge in [-0.3, -0.25) is 0 Å². The second kappa shape index (κ2) is 32.0. The van der Waals surface area contributed by atoms with Gasteiger partial charge < -0.3 is 0 Å². The maximum atomic E-state index is 4.05. The highest BCUT2D eigenvalue weighted by molar-refractivity contribution is 4.62. The molecular formula is C35H71. The van der Waals surface area contributed by atoms with Gasteiger partial charge in [0.05, 0.1) is 0 Å². The fourth-order valence-corrected chi connectivity index (χ4v) is 5.77. The molecule has 35 heavy (non-hydrogen) atoms. The van der Waals surface area contributed by atoms with Gasteiger partial charge in [-0.05, 0) is 5.92 Å². The zero-order chi connectivity index (χ0) is 25.5. The summed E-state index contributed by atoms with van der Waals surface area (Å²) in [5.74, 6) is 1.01. The lowest BCUT2D eigenvalue weighted by atomic mass is 9.89. The smallest absolute Gasteiger partial charge is 0.0414 e. The van der Waals surface area contributed by atoms with Gasteiger partial charge in [0.15, 0.2) is 0 Å². The summed E-state index contributed by atoms with van der Waals surface area (Å²) in [5, 5.41) is 0. The van der Waals surface area contributed by atoms with Crippen LogP contribution in [-0.4, -0.2) is 0 Å². The minimum atomic E-state index is 1.01. The lowest BCUT2D eigenvalue weighted by Gasteiger charge is -2.17. The molecule has 0 aromatic rings. The van der Waals surface area contributed by atoms with E-state index >= 15 is 0 Å². The van der Waals surface area contributed by atoms with Crippen molar-refractivity contribution >= 4 is 0 Å². The monoisotopic (exact) mass is 492 g/mol. The lowest BCUT2D eigenvalue weighted by Crippen LogP contribution is -2.01. The van der Waals surface area contributed by atoms with Crippen LogP contribution in [0.4, 0.5) is 0 Å². The molecule has 211 valence electrons. The highest BCUT2D eigenvalue weighted by atomic mass is 14.1. The Hall–Kier alpha value is 0. The molecule has 0 saturated carbocycles. The summed E-state index contributed by atoms with van der Waals surface area (Å²) < 4.78 is 0. The topological polar surface area (TPSA) is 0 Å². The highest BCUT2D eigenvalue weighted by Crippen LogP contribution is 2.24. The first kappa shape index (κ1) is 35.0. The van der Waals surface area contributed by atoms with Crippen LogP contribution in [0.2, 0.25) is 0 Å². The molecule has 0 rings (SSSR count). The Morgan fingerprint density at radius 1 is 0.314 bits per heavy atom. The molecule has 0 saturated heterocycles. The minimum absolute atomic E-state index is 1.01. The molecule has 0 aliphatic rings. The molecule has 1 atom stereocenters. The van der Waals surface area contributed by atoms with Gasteiger partial charge in [0.25, 0.3) is 0 Å². The molecule has 0 aromatic carbocycles. The van der Waals surface area contributed by atoms with Gasteiger partial charge in [-0.25, -0.2) is 0 Å². The SMILES string of the molecule is [CH2]CCCCC(CCCCCCCCCCC)CCCCCCCCCCCCCCCCCC. The molecular weight excluding hydrogens is 420 g/mol. The zero-order valence-electron chi connectivity index (χ0n) is 25.2. The molecule has 0 fully saturated rings. The van der Waals surface area contributed by atoms with Crippen molar-refractivity contribution in [2.75, 3.05) is 0 Å². The minimum Gasteiger partial charge on any atom is -0.0654 e. The molecule has 0 heterocycles. The second-order valence-corrected chi connectivity index (χ2v) is 11.9. The molecule has 0 heteroatoms. The molecule has 0 aliphatic heterocycles. The van der Waals surface area contributed by atoms with Crippen LogP contribution >= 0.6 is 0 Å². The molecule has 0 bridgehead atoms. The van der Waals surface area contributed by atoms with Gasteiger partial charge in [0.2, 0.25) is 0 Å². The summed E-state index contributed by atoms with van der Waals surface area (Å²) in [6.07, 6.45) is 45.1. The van der Waals surface area contributed by atoms with Crippen LogP contribution in [0, 0.1) is 12.8 Å². The zero-order valence-corrected chi connectivity index (χ0v) is 25.2. The molecule has 0 aromatic heterocycles. The van der Waals surface area contributed by atoms with E-state index < -0.39 is 0 Å². The standard InChI is InChI=1S/C35H71/c1-4-7-10-12-14-16-17-18-19-20-21-22-24-26-28-31-34-35(32-29-9-6-3)33-30-27-25-23-15-13-11-8-5-2/h35H,3-34H2,1-2H3. The van der Waals surface area contributed by atoms with Gasteiger partial charge in [0.1, 0.15) is 0 Å². The van der Waals surface area contributed by atoms with Crippen molar-refractivity contribution in [3.8, 4) is 0 Å². The summed E-state index contributed by atoms with van der Waals surface area (Å²) in [4.78, 5) is 0. The van der Waals surface area contributed by atoms with Crippen molar-refractivity contribution in [1.82, 2.24) is 0 Å². The van der Waals surface area contributed by atoms with Crippen molar-refractivity contribution in [2.45, 2.75) is 213 Å². The van der Waals surface area contributed by atoms with E-state index in [-0.39, 0.29) is 0 Å². The van der Waals surface area contributed by atoms with Gasteiger partial charge in [0, 0.05) is 0 Å². The highest BCUT2D eigenvalue weighted by Gasteiger charge is 2.08. The van der Waals surface area contributed by atoms with Gasteiger partial charge in [-0.1, -0.05) is 220 Å². The third kappa shape index (κ3) is 30.1. The van der Waals surface area contributed by atoms with E-state index in [1.54, 1.807) is 0 Å². The van der Waals surface area contributed by atoms with E-state index in [2.05, 4.69) is 20.8 Å². The van der Waals surface area contributed by atoms with Crippen LogP contribution in [0.1, 0.15) is 213 Å². The van der Waals surface area contributed by atoms with Crippen LogP contribution in [0.3, 0.4) is 0 Å². The average Bonchev–Trinajstić information content (AvgIpc) is 2.87. The lowest BCUT2D eigenvalue weighted by molar-refractivity contribution is 0.368. The first-order valence-corrected chi connectivity index (χ1v) is 17.1. The van der Waals surface area contributed by atoms with E-state index in [1.165, 1.54) is 193 Å². The van der Waals surface area contributed by atoms with E-state index in [9.17, 15) is 0 Å². The third-order valence-corrected chi connectivity index (χ3v) is 8.29. The Balaban J connectivity index is 3.52. The average molecular weight is 492 g/mol. The van der Waals surface area contributed by atoms with Crippen molar-refractivity contribution in [3.63, 3.8) is 0 Å². The van der Waals surface area contributed by atoms with E-state index in [0.29, 0.717) is 0 Å². The Kier molecular flexibility index (Phi) is 32.0. The number of rotatable bonds is 31. The van der Waals surface area contributed by atoms with Crippen molar-refractivity contribution in [2.24, 2.45) is 5.92 Å². The van der Waals surface area contributed by atoms with E-state index in [0.717, 1.165) is 12.3 Å². The van der Waals surface area contributed by atoms with Gasteiger partial charge in [-0.15, -0.1) is 0 Å². The second-order valence-electron chi connectivity index (χ2n) is 11.9. The normalized spacial score (nSPS) is 12.4. The van der Waals surface area contributed by atoms with Gasteiger partial charge in [-0.2, -0.15) is 0 Å². The first-order valence-electron chi connectivity index (χ1n) is 17.1. The number of hydrogen-bond acceptors (Lipinski definition) is 0. The third-order valence-electron chi connectivity index (χ3n) is 8.29. The largest absolute Gasteiger partial charge is 0.0654 e. The Labute approximate surface area is 225 Å². The Bertz CT molecular complexity index is 346. The molecule has 0 N–H and O–H groups in total. The predicted octanol–water partition coefficient (Wildman–Crippen LogP) is 13.6. The van der Waals surface area contributed by atoms with Crippen LogP contribution in [0.5, 0.6) is 0 Å². The summed E-state index contributed by atoms with van der Waals surface area (Å²) in [6.45, 7) is 8.67. The quantitative estimate of drug-likeness (QED) is 0.0845. The fourth-order valence-electron chi connectivity index (χ4n) is 5.77. The van der Waals surface area contributed by atoms with Crippen molar-refractivity contribution < 1.29 is 0 Å². The van der Waals surface area contributed by atoms with Crippen LogP contribution in [0.25, 0.3) is 0 Å². The Morgan fingerprint density at radius 3 is 0.800 bits per heavy atom. The molecule has 0 aliphatic carbocycles. The molecule has 1 unspecified atom stereocenters. The number of unbranched alkanes of at least 4 members (excludes halogenated alkanes) is 25. The summed E-state index contributed by atoms with van der Waals surface area (Å²) in [6, 6.07) is 0. The molecule has 0 spiro atoms. The Morgan fingerprint density at radius 2 is 0.543 bits per heavy atom. The molecule has 0 amide bonds. The first-order chi connectivity index (χ1) is 17.3. The maximum absolute atomic E-state index is 4.05. The summed E-state index contributed by atoms with van der Waals surface area (Å²) >= 11 is 0. The molecule has 1 radical (unpaired) electrons. The maximum Gasteiger partial charge on any atom is -0.0414 e. The fraction of sp³-hybridized carbons (Fsp3) is 0.971. The van der Waals surface area contributed by atoms with E-state index in [4.69, 9.17) is 0 Å². The number of hydrogen-bond donors (Lipinski definition) is 0. The predicted molar refractivity (Wildman–Crippen MR) is 163 cm³/mol. The van der Waals surface area contributed by atoms with Crippen LogP contribution in [-0.2, 0) is 0 Å². The van der Waals surface area contributed by atoms with Crippen molar-refractivity contribution in [3.05, 3.63) is 6.92 Å². The summed E-state index contributed by atoms with van der Waals surface area (Å²) in [7, 11) is 0. The van der Waals surface area contributed by atoms with Crippen LogP contribution in [0.15, 0.2) is 0 Å². The van der Waals surface area contributed by atoms with Crippen LogP contribution < -0.4 is 0 Å².